The van der Waals surface area contributed by atoms with Gasteiger partial charge in [-0.1, -0.05) is 18.2 Å². The highest BCUT2D eigenvalue weighted by Crippen LogP contribution is 2.27. The second kappa shape index (κ2) is 8.33. The molecule has 0 aliphatic carbocycles. The maximum absolute atomic E-state index is 12.0. The average Bonchev–Trinajstić information content (AvgIpc) is 3.07. The van der Waals surface area contributed by atoms with E-state index in [1.807, 2.05) is 42.6 Å². The number of benzene rings is 1. The molecule has 0 unspecified atom stereocenters. The number of para-hydroxylation sites is 2. The molecule has 5 nitrogen and oxygen atoms in total. The fourth-order valence-electron chi connectivity index (χ4n) is 2.18. The third-order valence-electron chi connectivity index (χ3n) is 3.20. The zero-order chi connectivity index (χ0) is 16.7. The number of ether oxygens (including phenoxy) is 1. The summed E-state index contributed by atoms with van der Waals surface area (Å²) >= 11 is 1.39. The highest BCUT2D eigenvalue weighted by atomic mass is 32.1. The van der Waals surface area contributed by atoms with Crippen molar-refractivity contribution in [3.05, 3.63) is 46.7 Å². The number of nitrogens with one attached hydrogen (secondary N) is 1. The maximum atomic E-state index is 12.0. The molecule has 122 valence electrons. The van der Waals surface area contributed by atoms with Crippen LogP contribution in [0.25, 0.3) is 0 Å². The van der Waals surface area contributed by atoms with Crippen LogP contribution in [-0.4, -0.2) is 31.5 Å². The van der Waals surface area contributed by atoms with Crippen molar-refractivity contribution in [1.82, 2.24) is 5.32 Å². The smallest absolute Gasteiger partial charge is 0.261 e. The number of carbonyl (C=O) groups excluding carboxylic acids is 2. The van der Waals surface area contributed by atoms with Gasteiger partial charge in [0, 0.05) is 20.0 Å². The van der Waals surface area contributed by atoms with Gasteiger partial charge in [0.1, 0.15) is 5.75 Å². The number of rotatable bonds is 7. The van der Waals surface area contributed by atoms with Crippen LogP contribution in [0.1, 0.15) is 23.5 Å². The van der Waals surface area contributed by atoms with E-state index in [0.29, 0.717) is 36.0 Å². The van der Waals surface area contributed by atoms with Gasteiger partial charge < -0.3 is 15.0 Å². The van der Waals surface area contributed by atoms with E-state index in [-0.39, 0.29) is 11.8 Å². The molecule has 2 rings (SSSR count). The summed E-state index contributed by atoms with van der Waals surface area (Å²) in [7, 11) is 0. The van der Waals surface area contributed by atoms with Crippen molar-refractivity contribution in [2.75, 3.05) is 24.6 Å². The normalized spacial score (nSPS) is 10.2. The van der Waals surface area contributed by atoms with Crippen molar-refractivity contribution < 1.29 is 14.3 Å². The standard InChI is InChI=1S/C17H20N2O3S/c1-3-22-15-8-5-4-7-14(15)19(13(2)20)11-10-18-17(21)16-9-6-12-23-16/h4-9,12H,3,10-11H2,1-2H3,(H,18,21). The zero-order valence-corrected chi connectivity index (χ0v) is 14.1. The number of amides is 2. The maximum Gasteiger partial charge on any atom is 0.261 e. The van der Waals surface area contributed by atoms with E-state index in [1.54, 1.807) is 11.0 Å². The van der Waals surface area contributed by atoms with E-state index in [1.165, 1.54) is 18.3 Å². The molecular weight excluding hydrogens is 312 g/mol. The molecule has 0 aliphatic heterocycles. The highest BCUT2D eigenvalue weighted by Gasteiger charge is 2.16. The first-order valence-corrected chi connectivity index (χ1v) is 8.33. The predicted molar refractivity (Wildman–Crippen MR) is 92.3 cm³/mol. The van der Waals surface area contributed by atoms with Crippen LogP contribution in [-0.2, 0) is 4.79 Å². The molecule has 0 fully saturated rings. The number of hydrogen-bond donors (Lipinski definition) is 1. The van der Waals surface area contributed by atoms with Crippen LogP contribution in [0.5, 0.6) is 5.75 Å². The van der Waals surface area contributed by atoms with Gasteiger partial charge in [-0.25, -0.2) is 0 Å². The van der Waals surface area contributed by atoms with Gasteiger partial charge in [-0.05, 0) is 30.5 Å². The van der Waals surface area contributed by atoms with Gasteiger partial charge in [0.2, 0.25) is 5.91 Å². The number of anilines is 1. The molecular formula is C17H20N2O3S. The van der Waals surface area contributed by atoms with Gasteiger partial charge in [-0.3, -0.25) is 9.59 Å². The Morgan fingerprint density at radius 2 is 2.00 bits per heavy atom. The summed E-state index contributed by atoms with van der Waals surface area (Å²) in [5.74, 6) is 0.443. The van der Waals surface area contributed by atoms with Crippen LogP contribution in [0.4, 0.5) is 5.69 Å². The van der Waals surface area contributed by atoms with Crippen LogP contribution >= 0.6 is 11.3 Å². The van der Waals surface area contributed by atoms with E-state index in [4.69, 9.17) is 4.74 Å². The van der Waals surface area contributed by atoms with Crippen molar-refractivity contribution >= 4 is 28.8 Å². The van der Waals surface area contributed by atoms with Crippen LogP contribution in [0.2, 0.25) is 0 Å². The lowest BCUT2D eigenvalue weighted by molar-refractivity contribution is -0.116. The van der Waals surface area contributed by atoms with Crippen LogP contribution < -0.4 is 15.0 Å². The van der Waals surface area contributed by atoms with E-state index in [0.717, 1.165) is 0 Å². The number of nitrogens with zero attached hydrogens (tertiary/aromatic N) is 1. The number of hydrogen-bond acceptors (Lipinski definition) is 4. The third-order valence-corrected chi connectivity index (χ3v) is 4.07. The summed E-state index contributed by atoms with van der Waals surface area (Å²) in [5, 5.41) is 4.68. The molecule has 0 bridgehead atoms. The van der Waals surface area contributed by atoms with Gasteiger partial charge in [-0.15, -0.1) is 11.3 Å². The molecule has 0 saturated heterocycles. The minimum absolute atomic E-state index is 0.0949. The molecule has 0 aliphatic rings. The molecule has 0 saturated carbocycles. The van der Waals surface area contributed by atoms with Crippen molar-refractivity contribution in [1.29, 1.82) is 0 Å². The van der Waals surface area contributed by atoms with Gasteiger partial charge in [0.15, 0.2) is 0 Å². The Balaban J connectivity index is 2.02. The highest BCUT2D eigenvalue weighted by molar-refractivity contribution is 7.12. The summed E-state index contributed by atoms with van der Waals surface area (Å²) in [6.45, 7) is 4.69. The third kappa shape index (κ3) is 4.56. The Morgan fingerprint density at radius 3 is 2.65 bits per heavy atom. The van der Waals surface area contributed by atoms with E-state index >= 15 is 0 Å². The van der Waals surface area contributed by atoms with Crippen molar-refractivity contribution in [2.45, 2.75) is 13.8 Å². The van der Waals surface area contributed by atoms with Crippen LogP contribution in [0, 0.1) is 0 Å². The lowest BCUT2D eigenvalue weighted by Gasteiger charge is -2.23. The molecule has 0 radical (unpaired) electrons. The zero-order valence-electron chi connectivity index (χ0n) is 13.2. The number of carbonyl (C=O) groups is 2. The first kappa shape index (κ1) is 17.0. The fourth-order valence-corrected chi connectivity index (χ4v) is 2.82. The van der Waals surface area contributed by atoms with Crippen LogP contribution in [0.3, 0.4) is 0 Å². The Kier molecular flexibility index (Phi) is 6.17. The van der Waals surface area contributed by atoms with Gasteiger partial charge in [0.05, 0.1) is 17.2 Å². The summed E-state index contributed by atoms with van der Waals surface area (Å²) in [4.78, 5) is 26.2. The first-order chi connectivity index (χ1) is 11.1. The van der Waals surface area contributed by atoms with Crippen molar-refractivity contribution in [2.24, 2.45) is 0 Å². The Morgan fingerprint density at radius 1 is 1.22 bits per heavy atom. The SMILES string of the molecule is CCOc1ccccc1N(CCNC(=O)c1cccs1)C(C)=O. The average molecular weight is 332 g/mol. The molecule has 6 heteroatoms. The molecule has 0 spiro atoms. The minimum Gasteiger partial charge on any atom is -0.492 e. The summed E-state index contributed by atoms with van der Waals surface area (Å²) < 4.78 is 5.57. The van der Waals surface area contributed by atoms with E-state index in [2.05, 4.69) is 5.32 Å². The summed E-state index contributed by atoms with van der Waals surface area (Å²) in [5.41, 5.74) is 0.715. The molecule has 1 N–H and O–H groups in total. The Labute approximate surface area is 139 Å². The van der Waals surface area contributed by atoms with Gasteiger partial charge >= 0.3 is 0 Å². The Bertz CT molecular complexity index is 656. The number of thiophene rings is 1. The van der Waals surface area contributed by atoms with Crippen molar-refractivity contribution in [3.8, 4) is 5.75 Å². The van der Waals surface area contributed by atoms with Crippen molar-refractivity contribution in [3.63, 3.8) is 0 Å². The second-order valence-corrected chi connectivity index (χ2v) is 5.75. The van der Waals surface area contributed by atoms with Crippen LogP contribution in [0.15, 0.2) is 41.8 Å². The summed E-state index contributed by atoms with van der Waals surface area (Å²) in [6, 6.07) is 11.0. The van der Waals surface area contributed by atoms with E-state index < -0.39 is 0 Å². The molecule has 1 aromatic carbocycles. The van der Waals surface area contributed by atoms with Gasteiger partial charge in [0.25, 0.3) is 5.91 Å². The Hall–Kier alpha value is -2.34. The van der Waals surface area contributed by atoms with E-state index in [9.17, 15) is 9.59 Å². The monoisotopic (exact) mass is 332 g/mol. The minimum atomic E-state index is -0.124. The largest absolute Gasteiger partial charge is 0.492 e. The second-order valence-electron chi connectivity index (χ2n) is 4.80. The molecule has 2 amide bonds. The molecule has 2 aromatic rings. The summed E-state index contributed by atoms with van der Waals surface area (Å²) in [6.07, 6.45) is 0. The molecule has 0 atom stereocenters. The van der Waals surface area contributed by atoms with Gasteiger partial charge in [-0.2, -0.15) is 0 Å². The lowest BCUT2D eigenvalue weighted by Crippen LogP contribution is -2.37. The fraction of sp³-hybridized carbons (Fsp3) is 0.294. The lowest BCUT2D eigenvalue weighted by atomic mass is 10.2. The quantitative estimate of drug-likeness (QED) is 0.848. The molecule has 1 aromatic heterocycles. The first-order valence-electron chi connectivity index (χ1n) is 7.45. The molecule has 23 heavy (non-hydrogen) atoms. The molecule has 1 heterocycles. The predicted octanol–water partition coefficient (Wildman–Crippen LogP) is 2.93. The topological polar surface area (TPSA) is 58.6 Å².